The van der Waals surface area contributed by atoms with Crippen LogP contribution < -0.4 is 10.1 Å². The van der Waals surface area contributed by atoms with Gasteiger partial charge in [0.2, 0.25) is 0 Å². The second kappa shape index (κ2) is 12.0. The molecule has 1 N–H and O–H groups in total. The number of amides is 1. The average molecular weight is 744 g/mol. The molecule has 0 atom stereocenters. The Balaban J connectivity index is 1.78. The van der Waals surface area contributed by atoms with Crippen LogP contribution in [0.5, 0.6) is 5.75 Å². The number of ether oxygens (including phenoxy) is 1. The van der Waals surface area contributed by atoms with Gasteiger partial charge in [-0.2, -0.15) is 5.26 Å². The summed E-state index contributed by atoms with van der Waals surface area (Å²) < 4.78 is 7.61. The number of carbonyl (C=O) groups is 1. The summed E-state index contributed by atoms with van der Waals surface area (Å²) in [6, 6.07) is 15.5. The molecule has 0 saturated carbocycles. The van der Waals surface area contributed by atoms with Gasteiger partial charge >= 0.3 is 0 Å². The van der Waals surface area contributed by atoms with Crippen LogP contribution in [-0.2, 0) is 11.4 Å². The van der Waals surface area contributed by atoms with E-state index in [1.165, 1.54) is 12.1 Å². The molecule has 3 aromatic carbocycles. The average Bonchev–Trinajstić information content (AvgIpc) is 2.75. The summed E-state index contributed by atoms with van der Waals surface area (Å²) in [6.07, 6.45) is 1.51. The molecule has 0 saturated heterocycles. The number of rotatable bonds is 6. The van der Waals surface area contributed by atoms with Crippen molar-refractivity contribution in [1.29, 1.82) is 5.26 Å². The van der Waals surface area contributed by atoms with Crippen LogP contribution in [-0.4, -0.2) is 5.91 Å². The van der Waals surface area contributed by atoms with E-state index in [1.807, 2.05) is 24.3 Å². The summed E-state index contributed by atoms with van der Waals surface area (Å²) in [5.74, 6) is 0.122. The Labute approximate surface area is 238 Å². The van der Waals surface area contributed by atoms with Crippen LogP contribution in [0.3, 0.4) is 0 Å². The first-order valence-corrected chi connectivity index (χ1v) is 12.8. The van der Waals surface area contributed by atoms with E-state index in [4.69, 9.17) is 51.1 Å². The summed E-state index contributed by atoms with van der Waals surface area (Å²) in [4.78, 5) is 12.6. The summed E-state index contributed by atoms with van der Waals surface area (Å²) in [7, 11) is 0. The Bertz CT molecular complexity index is 1280. The second-order valence-corrected chi connectivity index (χ2v) is 10.6. The van der Waals surface area contributed by atoms with Crippen LogP contribution in [0.25, 0.3) is 6.08 Å². The Morgan fingerprint density at radius 2 is 1.67 bits per heavy atom. The molecule has 1 amide bonds. The van der Waals surface area contributed by atoms with E-state index in [-0.39, 0.29) is 12.2 Å². The quantitative estimate of drug-likeness (QED) is 0.156. The highest BCUT2D eigenvalue weighted by molar-refractivity contribution is 14.1. The number of carbonyl (C=O) groups excluding carboxylic acids is 1. The van der Waals surface area contributed by atoms with Crippen molar-refractivity contribution in [2.45, 2.75) is 6.61 Å². The topological polar surface area (TPSA) is 62.1 Å². The van der Waals surface area contributed by atoms with E-state index in [9.17, 15) is 10.1 Å². The van der Waals surface area contributed by atoms with Gasteiger partial charge in [0.25, 0.3) is 5.91 Å². The first-order chi connectivity index (χ1) is 15.7. The molecule has 3 aromatic rings. The summed E-state index contributed by atoms with van der Waals surface area (Å²) in [6.45, 7) is 0.271. The maximum absolute atomic E-state index is 12.6. The van der Waals surface area contributed by atoms with Crippen molar-refractivity contribution in [3.8, 4) is 11.8 Å². The molecule has 0 aliphatic carbocycles. The highest BCUT2D eigenvalue weighted by Crippen LogP contribution is 2.32. The van der Waals surface area contributed by atoms with Gasteiger partial charge in [0.15, 0.2) is 0 Å². The summed E-state index contributed by atoms with van der Waals surface area (Å²) >= 11 is 28.3. The lowest BCUT2D eigenvalue weighted by Crippen LogP contribution is -2.13. The maximum atomic E-state index is 12.6. The first kappa shape index (κ1) is 26.4. The van der Waals surface area contributed by atoms with Crippen molar-refractivity contribution in [1.82, 2.24) is 0 Å². The normalized spacial score (nSPS) is 11.1. The third-order valence-electron chi connectivity index (χ3n) is 4.26. The first-order valence-electron chi connectivity index (χ1n) is 9.12. The lowest BCUT2D eigenvalue weighted by Gasteiger charge is -2.13. The lowest BCUT2D eigenvalue weighted by molar-refractivity contribution is -0.112. The van der Waals surface area contributed by atoms with Gasteiger partial charge in [-0.1, -0.05) is 52.5 Å². The van der Waals surface area contributed by atoms with Gasteiger partial charge in [-0.25, -0.2) is 0 Å². The number of hydrogen-bond acceptors (Lipinski definition) is 3. The summed E-state index contributed by atoms with van der Waals surface area (Å²) in [5.41, 5.74) is 1.86. The standard InChI is InChI=1S/C23H12Cl4I2N2O2/c24-15-2-1-13(18(26)8-15)11-33-22-20(28)6-12(7-21(22)29)5-14(10-30)23(32)31-16-3-4-17(25)19(27)9-16/h1-9H,11H2,(H,31,32)/b14-5+. The zero-order valence-electron chi connectivity index (χ0n) is 16.4. The van der Waals surface area contributed by atoms with Gasteiger partial charge in [0.1, 0.15) is 24.0 Å². The van der Waals surface area contributed by atoms with Crippen molar-refractivity contribution in [3.05, 3.63) is 92.5 Å². The minimum atomic E-state index is -0.557. The molecule has 0 radical (unpaired) electrons. The molecule has 4 nitrogen and oxygen atoms in total. The van der Waals surface area contributed by atoms with E-state index < -0.39 is 5.91 Å². The fourth-order valence-electron chi connectivity index (χ4n) is 2.68. The zero-order valence-corrected chi connectivity index (χ0v) is 23.8. The number of anilines is 1. The van der Waals surface area contributed by atoms with Crippen LogP contribution in [0.1, 0.15) is 11.1 Å². The minimum absolute atomic E-state index is 0.0608. The molecule has 0 heterocycles. The van der Waals surface area contributed by atoms with Gasteiger partial charge in [-0.15, -0.1) is 0 Å². The highest BCUT2D eigenvalue weighted by atomic mass is 127. The third kappa shape index (κ3) is 7.13. The van der Waals surface area contributed by atoms with Crippen LogP contribution in [0, 0.1) is 18.5 Å². The zero-order chi connectivity index (χ0) is 24.1. The Hall–Kier alpha value is -1.22. The molecule has 0 fully saturated rings. The van der Waals surface area contributed by atoms with Gasteiger partial charge in [0, 0.05) is 21.3 Å². The van der Waals surface area contributed by atoms with Crippen LogP contribution in [0.4, 0.5) is 5.69 Å². The number of benzene rings is 3. The van der Waals surface area contributed by atoms with E-state index in [0.29, 0.717) is 37.1 Å². The molecular weight excluding hydrogens is 732 g/mol. The fourth-order valence-corrected chi connectivity index (χ4v) is 5.57. The molecule has 0 bridgehead atoms. The molecule has 3 rings (SSSR count). The van der Waals surface area contributed by atoms with E-state index in [0.717, 1.165) is 12.7 Å². The largest absolute Gasteiger partial charge is 0.487 e. The van der Waals surface area contributed by atoms with Gasteiger partial charge in [-0.3, -0.25) is 4.79 Å². The molecule has 0 unspecified atom stereocenters. The molecule has 0 aliphatic heterocycles. The Morgan fingerprint density at radius 3 is 2.27 bits per heavy atom. The van der Waals surface area contributed by atoms with E-state index in [2.05, 4.69) is 50.5 Å². The Kier molecular flexibility index (Phi) is 9.56. The van der Waals surface area contributed by atoms with Crippen molar-refractivity contribution in [2.75, 3.05) is 5.32 Å². The maximum Gasteiger partial charge on any atom is 0.266 e. The molecular formula is C23H12Cl4I2N2O2. The van der Waals surface area contributed by atoms with Crippen molar-refractivity contribution >= 4 is 109 Å². The second-order valence-electron chi connectivity index (χ2n) is 6.59. The molecule has 10 heteroatoms. The smallest absolute Gasteiger partial charge is 0.266 e. The van der Waals surface area contributed by atoms with Gasteiger partial charge in [0.05, 0.1) is 17.2 Å². The van der Waals surface area contributed by atoms with E-state index in [1.54, 1.807) is 24.3 Å². The third-order valence-corrected chi connectivity index (χ3v) is 7.19. The van der Waals surface area contributed by atoms with Crippen LogP contribution in [0.2, 0.25) is 20.1 Å². The molecule has 33 heavy (non-hydrogen) atoms. The number of nitrogens with zero attached hydrogens (tertiary/aromatic N) is 1. The number of nitrogens with one attached hydrogen (secondary N) is 1. The number of nitriles is 1. The summed E-state index contributed by atoms with van der Waals surface area (Å²) in [5, 5.41) is 13.9. The fraction of sp³-hybridized carbons (Fsp3) is 0.0435. The molecule has 0 spiro atoms. The number of halogens is 6. The van der Waals surface area contributed by atoms with Gasteiger partial charge in [-0.05, 0) is 99.3 Å². The lowest BCUT2D eigenvalue weighted by atomic mass is 10.1. The highest BCUT2D eigenvalue weighted by Gasteiger charge is 2.14. The molecule has 168 valence electrons. The SMILES string of the molecule is N#C/C(=C\c1cc(I)c(OCc2ccc(Cl)cc2Cl)c(I)c1)C(=O)Nc1ccc(Cl)c(Cl)c1. The van der Waals surface area contributed by atoms with Crippen molar-refractivity contribution in [3.63, 3.8) is 0 Å². The van der Waals surface area contributed by atoms with Crippen molar-refractivity contribution in [2.24, 2.45) is 0 Å². The Morgan fingerprint density at radius 1 is 0.970 bits per heavy atom. The van der Waals surface area contributed by atoms with Gasteiger partial charge < -0.3 is 10.1 Å². The number of hydrogen-bond donors (Lipinski definition) is 1. The van der Waals surface area contributed by atoms with Crippen molar-refractivity contribution < 1.29 is 9.53 Å². The monoisotopic (exact) mass is 742 g/mol. The molecule has 0 aliphatic rings. The predicted octanol–water partition coefficient (Wildman–Crippen LogP) is 8.63. The van der Waals surface area contributed by atoms with Crippen LogP contribution >= 0.6 is 91.6 Å². The van der Waals surface area contributed by atoms with E-state index >= 15 is 0 Å². The minimum Gasteiger partial charge on any atom is -0.487 e. The van der Waals surface area contributed by atoms with Crippen LogP contribution in [0.15, 0.2) is 54.1 Å². The predicted molar refractivity (Wildman–Crippen MR) is 151 cm³/mol. The molecule has 0 aromatic heterocycles.